The molecule has 1 rings (SSSR count). The average molecular weight is 190 g/mol. The Hall–Kier alpha value is -0.240. The van der Waals surface area contributed by atoms with Crippen molar-refractivity contribution in [2.75, 3.05) is 5.88 Å². The summed E-state index contributed by atoms with van der Waals surface area (Å²) in [6.07, 6.45) is 5.02. The van der Waals surface area contributed by atoms with Crippen LogP contribution in [0.15, 0.2) is 0 Å². The molecule has 1 aliphatic rings. The smallest absolute Gasteiger partial charge is 0.220 e. The summed E-state index contributed by atoms with van der Waals surface area (Å²) in [5, 5.41) is 3.02. The number of hydrogen-bond acceptors (Lipinski definition) is 1. The summed E-state index contributed by atoms with van der Waals surface area (Å²) in [7, 11) is 0. The van der Waals surface area contributed by atoms with Crippen LogP contribution >= 0.6 is 11.6 Å². The Morgan fingerprint density at radius 1 is 1.50 bits per heavy atom. The van der Waals surface area contributed by atoms with E-state index in [0.29, 0.717) is 12.3 Å². The second kappa shape index (κ2) is 4.13. The van der Waals surface area contributed by atoms with Crippen molar-refractivity contribution in [2.45, 2.75) is 44.6 Å². The Kier molecular flexibility index (Phi) is 3.39. The van der Waals surface area contributed by atoms with Crippen LogP contribution in [0.2, 0.25) is 0 Å². The topological polar surface area (TPSA) is 29.1 Å². The molecule has 0 heterocycles. The number of hydrogen-bond donors (Lipinski definition) is 1. The summed E-state index contributed by atoms with van der Waals surface area (Å²) in [5.74, 6) is 0.677. The Bertz CT molecular complexity index is 164. The lowest BCUT2D eigenvalue weighted by molar-refractivity contribution is -0.122. The van der Waals surface area contributed by atoms with Crippen molar-refractivity contribution in [1.82, 2.24) is 5.32 Å². The highest BCUT2D eigenvalue weighted by Crippen LogP contribution is 2.30. The molecule has 70 valence electrons. The van der Waals surface area contributed by atoms with Crippen LogP contribution in [0.5, 0.6) is 0 Å². The van der Waals surface area contributed by atoms with Gasteiger partial charge in [0.2, 0.25) is 5.91 Å². The first kappa shape index (κ1) is 9.85. The Morgan fingerprint density at radius 2 is 2.08 bits per heavy atom. The molecule has 0 aromatic rings. The molecular formula is C9H16ClNO. The van der Waals surface area contributed by atoms with E-state index in [4.69, 9.17) is 11.6 Å². The number of carbonyl (C=O) groups is 1. The molecule has 0 atom stereocenters. The molecule has 1 saturated carbocycles. The molecule has 0 saturated heterocycles. The minimum absolute atomic E-state index is 0.0748. The monoisotopic (exact) mass is 189 g/mol. The van der Waals surface area contributed by atoms with Crippen molar-refractivity contribution >= 4 is 17.5 Å². The van der Waals surface area contributed by atoms with Crippen molar-refractivity contribution in [1.29, 1.82) is 0 Å². The summed E-state index contributed by atoms with van der Waals surface area (Å²) in [5.41, 5.74) is -0.0748. The highest BCUT2D eigenvalue weighted by atomic mass is 35.5. The third-order valence-electron chi connectivity index (χ3n) is 2.54. The van der Waals surface area contributed by atoms with Crippen LogP contribution in [0.25, 0.3) is 0 Å². The first-order chi connectivity index (χ1) is 5.72. The predicted molar refractivity (Wildman–Crippen MR) is 50.4 cm³/mol. The van der Waals surface area contributed by atoms with Gasteiger partial charge in [-0.05, 0) is 12.8 Å². The first-order valence-electron chi connectivity index (χ1n) is 4.59. The quantitative estimate of drug-likeness (QED) is 0.677. The molecule has 1 amide bonds. The van der Waals surface area contributed by atoms with Gasteiger partial charge < -0.3 is 5.32 Å². The highest BCUT2D eigenvalue weighted by molar-refractivity contribution is 6.18. The zero-order valence-electron chi connectivity index (χ0n) is 7.53. The summed E-state index contributed by atoms with van der Waals surface area (Å²) in [4.78, 5) is 11.2. The summed E-state index contributed by atoms with van der Waals surface area (Å²) in [6.45, 7) is 1.87. The van der Waals surface area contributed by atoms with Crippen molar-refractivity contribution in [3.8, 4) is 0 Å². The van der Waals surface area contributed by atoms with Crippen LogP contribution in [0, 0.1) is 0 Å². The predicted octanol–water partition coefficient (Wildman–Crippen LogP) is 2.06. The third kappa shape index (κ3) is 2.13. The number of rotatable bonds is 3. The molecule has 0 spiro atoms. The molecule has 3 heteroatoms. The van der Waals surface area contributed by atoms with E-state index in [0.717, 1.165) is 12.8 Å². The Labute approximate surface area is 78.7 Å². The lowest BCUT2D eigenvalue weighted by Gasteiger charge is -2.27. The molecule has 1 fully saturated rings. The zero-order chi connectivity index (χ0) is 9.03. The largest absolute Gasteiger partial charge is 0.349 e. The lowest BCUT2D eigenvalue weighted by Crippen LogP contribution is -2.47. The number of alkyl halides is 1. The summed E-state index contributed by atoms with van der Waals surface area (Å²) >= 11 is 5.85. The molecule has 0 unspecified atom stereocenters. The van der Waals surface area contributed by atoms with Gasteiger partial charge in [-0.15, -0.1) is 11.6 Å². The Morgan fingerprint density at radius 3 is 2.50 bits per heavy atom. The van der Waals surface area contributed by atoms with Crippen LogP contribution in [0.1, 0.15) is 39.0 Å². The van der Waals surface area contributed by atoms with Gasteiger partial charge >= 0.3 is 0 Å². The molecule has 1 N–H and O–H groups in total. The zero-order valence-corrected chi connectivity index (χ0v) is 8.28. The standard InChI is InChI=1S/C9H16ClNO/c1-2-8(12)11-9(7-10)5-3-4-6-9/h2-7H2,1H3,(H,11,12). The minimum atomic E-state index is -0.0748. The molecule has 0 bridgehead atoms. The second-order valence-electron chi connectivity index (χ2n) is 3.52. The Balaban J connectivity index is 2.49. The van der Waals surface area contributed by atoms with E-state index >= 15 is 0 Å². The van der Waals surface area contributed by atoms with Gasteiger partial charge in [0, 0.05) is 12.3 Å². The van der Waals surface area contributed by atoms with E-state index in [2.05, 4.69) is 5.32 Å². The SMILES string of the molecule is CCC(=O)NC1(CCl)CCCC1. The van der Waals surface area contributed by atoms with E-state index < -0.39 is 0 Å². The summed E-state index contributed by atoms with van der Waals surface area (Å²) < 4.78 is 0. The first-order valence-corrected chi connectivity index (χ1v) is 5.13. The van der Waals surface area contributed by atoms with Gasteiger partial charge in [0.05, 0.1) is 5.54 Å². The van der Waals surface area contributed by atoms with E-state index in [9.17, 15) is 4.79 Å². The van der Waals surface area contributed by atoms with E-state index in [-0.39, 0.29) is 11.4 Å². The van der Waals surface area contributed by atoms with Crippen molar-refractivity contribution in [3.05, 3.63) is 0 Å². The fourth-order valence-electron chi connectivity index (χ4n) is 1.73. The molecule has 2 nitrogen and oxygen atoms in total. The maximum atomic E-state index is 11.2. The highest BCUT2D eigenvalue weighted by Gasteiger charge is 2.33. The van der Waals surface area contributed by atoms with Gasteiger partial charge in [0.1, 0.15) is 0 Å². The van der Waals surface area contributed by atoms with Gasteiger partial charge in [-0.2, -0.15) is 0 Å². The molecule has 1 aliphatic carbocycles. The normalized spacial score (nSPS) is 20.8. The van der Waals surface area contributed by atoms with Crippen LogP contribution in [0.3, 0.4) is 0 Å². The maximum Gasteiger partial charge on any atom is 0.220 e. The average Bonchev–Trinajstić information content (AvgIpc) is 2.54. The number of amides is 1. The van der Waals surface area contributed by atoms with Gasteiger partial charge in [0.15, 0.2) is 0 Å². The molecule has 0 radical (unpaired) electrons. The van der Waals surface area contributed by atoms with E-state index in [1.165, 1.54) is 12.8 Å². The van der Waals surface area contributed by atoms with Crippen LogP contribution in [-0.2, 0) is 4.79 Å². The van der Waals surface area contributed by atoms with Crippen molar-refractivity contribution in [3.63, 3.8) is 0 Å². The van der Waals surface area contributed by atoms with E-state index in [1.807, 2.05) is 6.92 Å². The second-order valence-corrected chi connectivity index (χ2v) is 3.79. The van der Waals surface area contributed by atoms with E-state index in [1.54, 1.807) is 0 Å². The van der Waals surface area contributed by atoms with Crippen LogP contribution in [-0.4, -0.2) is 17.3 Å². The third-order valence-corrected chi connectivity index (χ3v) is 3.05. The van der Waals surface area contributed by atoms with Crippen LogP contribution in [0.4, 0.5) is 0 Å². The molecule has 12 heavy (non-hydrogen) atoms. The number of halogens is 1. The molecule has 0 aromatic heterocycles. The van der Waals surface area contributed by atoms with Gasteiger partial charge in [-0.25, -0.2) is 0 Å². The summed E-state index contributed by atoms with van der Waals surface area (Å²) in [6, 6.07) is 0. The molecular weight excluding hydrogens is 174 g/mol. The fraction of sp³-hybridized carbons (Fsp3) is 0.889. The maximum absolute atomic E-state index is 11.2. The number of nitrogens with one attached hydrogen (secondary N) is 1. The van der Waals surface area contributed by atoms with Crippen molar-refractivity contribution < 1.29 is 4.79 Å². The van der Waals surface area contributed by atoms with Crippen molar-refractivity contribution in [2.24, 2.45) is 0 Å². The minimum Gasteiger partial charge on any atom is -0.349 e. The molecule has 0 aromatic carbocycles. The number of carbonyl (C=O) groups excluding carboxylic acids is 1. The fourth-order valence-corrected chi connectivity index (χ4v) is 2.06. The molecule has 0 aliphatic heterocycles. The van der Waals surface area contributed by atoms with Gasteiger partial charge in [-0.3, -0.25) is 4.79 Å². The lowest BCUT2D eigenvalue weighted by atomic mass is 10.0. The van der Waals surface area contributed by atoms with Crippen LogP contribution < -0.4 is 5.32 Å². The van der Waals surface area contributed by atoms with Gasteiger partial charge in [0.25, 0.3) is 0 Å². The van der Waals surface area contributed by atoms with Gasteiger partial charge in [-0.1, -0.05) is 19.8 Å².